The van der Waals surface area contributed by atoms with Crippen LogP contribution in [0.25, 0.3) is 0 Å². The SMILES string of the molecule is CCOCc1noc(NCC(C)C)n1. The highest BCUT2D eigenvalue weighted by Crippen LogP contribution is 2.05. The van der Waals surface area contributed by atoms with Crippen molar-refractivity contribution < 1.29 is 9.26 Å². The third kappa shape index (κ3) is 3.74. The van der Waals surface area contributed by atoms with E-state index in [2.05, 4.69) is 29.3 Å². The molecular weight excluding hydrogens is 182 g/mol. The second-order valence-corrected chi connectivity index (χ2v) is 3.43. The Morgan fingerprint density at radius 2 is 2.29 bits per heavy atom. The molecule has 0 atom stereocenters. The largest absolute Gasteiger partial charge is 0.374 e. The van der Waals surface area contributed by atoms with Gasteiger partial charge in [-0.15, -0.1) is 0 Å². The number of ether oxygens (including phenoxy) is 1. The summed E-state index contributed by atoms with van der Waals surface area (Å²) in [6, 6.07) is 0.466. The third-order valence-electron chi connectivity index (χ3n) is 1.56. The summed E-state index contributed by atoms with van der Waals surface area (Å²) in [6.07, 6.45) is 0. The maximum Gasteiger partial charge on any atom is 0.321 e. The summed E-state index contributed by atoms with van der Waals surface area (Å²) >= 11 is 0. The number of anilines is 1. The van der Waals surface area contributed by atoms with E-state index >= 15 is 0 Å². The number of hydrogen-bond donors (Lipinski definition) is 1. The highest BCUT2D eigenvalue weighted by molar-refractivity contribution is 5.17. The Balaban J connectivity index is 2.35. The number of rotatable bonds is 6. The number of hydrogen-bond acceptors (Lipinski definition) is 5. The molecular formula is C9H17N3O2. The quantitative estimate of drug-likeness (QED) is 0.755. The van der Waals surface area contributed by atoms with Crippen LogP contribution >= 0.6 is 0 Å². The lowest BCUT2D eigenvalue weighted by Gasteiger charge is -2.02. The van der Waals surface area contributed by atoms with Crippen molar-refractivity contribution in [1.82, 2.24) is 10.1 Å². The predicted molar refractivity (Wildman–Crippen MR) is 53.0 cm³/mol. The van der Waals surface area contributed by atoms with Crippen molar-refractivity contribution in [3.8, 4) is 0 Å². The van der Waals surface area contributed by atoms with Crippen molar-refractivity contribution in [2.24, 2.45) is 5.92 Å². The molecule has 0 saturated heterocycles. The lowest BCUT2D eigenvalue weighted by atomic mass is 10.2. The average Bonchev–Trinajstić information content (AvgIpc) is 2.59. The Morgan fingerprint density at radius 1 is 1.50 bits per heavy atom. The molecule has 1 aromatic rings. The van der Waals surface area contributed by atoms with Crippen LogP contribution in [-0.2, 0) is 11.3 Å². The van der Waals surface area contributed by atoms with Crippen LogP contribution in [0.5, 0.6) is 0 Å². The van der Waals surface area contributed by atoms with Crippen LogP contribution in [-0.4, -0.2) is 23.3 Å². The van der Waals surface area contributed by atoms with E-state index in [1.807, 2.05) is 6.92 Å². The van der Waals surface area contributed by atoms with Gasteiger partial charge in [-0.2, -0.15) is 4.98 Å². The van der Waals surface area contributed by atoms with Crippen LogP contribution in [0.15, 0.2) is 4.52 Å². The Hall–Kier alpha value is -1.10. The normalized spacial score (nSPS) is 10.9. The summed E-state index contributed by atoms with van der Waals surface area (Å²) < 4.78 is 10.1. The topological polar surface area (TPSA) is 60.2 Å². The molecule has 1 heterocycles. The number of nitrogens with one attached hydrogen (secondary N) is 1. The molecule has 0 unspecified atom stereocenters. The lowest BCUT2D eigenvalue weighted by Crippen LogP contribution is -2.08. The maximum atomic E-state index is 5.15. The second kappa shape index (κ2) is 5.59. The van der Waals surface area contributed by atoms with Crippen LogP contribution in [0.4, 0.5) is 6.01 Å². The van der Waals surface area contributed by atoms with E-state index in [0.717, 1.165) is 6.54 Å². The lowest BCUT2D eigenvalue weighted by molar-refractivity contribution is 0.126. The van der Waals surface area contributed by atoms with Crippen molar-refractivity contribution in [2.45, 2.75) is 27.4 Å². The molecule has 0 fully saturated rings. The number of nitrogens with zero attached hydrogens (tertiary/aromatic N) is 2. The predicted octanol–water partition coefficient (Wildman–Crippen LogP) is 1.67. The molecule has 0 bridgehead atoms. The van der Waals surface area contributed by atoms with Crippen molar-refractivity contribution >= 4 is 6.01 Å². The highest BCUT2D eigenvalue weighted by Gasteiger charge is 2.05. The Labute approximate surface area is 83.8 Å². The van der Waals surface area contributed by atoms with Crippen molar-refractivity contribution in [2.75, 3.05) is 18.5 Å². The van der Waals surface area contributed by atoms with E-state index in [1.54, 1.807) is 0 Å². The summed E-state index contributed by atoms with van der Waals surface area (Å²) in [5, 5.41) is 6.80. The molecule has 5 heteroatoms. The van der Waals surface area contributed by atoms with E-state index in [0.29, 0.717) is 31.0 Å². The van der Waals surface area contributed by atoms with Gasteiger partial charge >= 0.3 is 6.01 Å². The van der Waals surface area contributed by atoms with Crippen LogP contribution in [0.1, 0.15) is 26.6 Å². The fraction of sp³-hybridized carbons (Fsp3) is 0.778. The average molecular weight is 199 g/mol. The molecule has 5 nitrogen and oxygen atoms in total. The molecule has 14 heavy (non-hydrogen) atoms. The first-order chi connectivity index (χ1) is 6.72. The minimum absolute atomic E-state index is 0.406. The first-order valence-corrected chi connectivity index (χ1v) is 4.86. The van der Waals surface area contributed by atoms with Gasteiger partial charge in [0.1, 0.15) is 6.61 Å². The molecule has 0 aliphatic carbocycles. The standard InChI is InChI=1S/C9H17N3O2/c1-4-13-6-8-11-9(14-12-8)10-5-7(2)3/h7H,4-6H2,1-3H3,(H,10,11,12). The van der Waals surface area contributed by atoms with Gasteiger partial charge in [0.2, 0.25) is 0 Å². The van der Waals surface area contributed by atoms with Crippen molar-refractivity contribution in [3.63, 3.8) is 0 Å². The van der Waals surface area contributed by atoms with E-state index < -0.39 is 0 Å². The first kappa shape index (κ1) is 11.0. The summed E-state index contributed by atoms with van der Waals surface area (Å²) in [4.78, 5) is 4.11. The molecule has 1 N–H and O–H groups in total. The molecule has 0 aliphatic heterocycles. The fourth-order valence-corrected chi connectivity index (χ4v) is 0.869. The van der Waals surface area contributed by atoms with Gasteiger partial charge in [0.25, 0.3) is 0 Å². The summed E-state index contributed by atoms with van der Waals surface area (Å²) in [5.41, 5.74) is 0. The molecule has 80 valence electrons. The Kier molecular flexibility index (Phi) is 4.39. The van der Waals surface area contributed by atoms with Gasteiger partial charge in [0, 0.05) is 13.2 Å². The molecule has 1 aromatic heterocycles. The van der Waals surface area contributed by atoms with Gasteiger partial charge in [0.05, 0.1) is 0 Å². The monoisotopic (exact) mass is 199 g/mol. The molecule has 0 aromatic carbocycles. The van der Waals surface area contributed by atoms with Crippen LogP contribution < -0.4 is 5.32 Å². The zero-order valence-electron chi connectivity index (χ0n) is 8.91. The van der Waals surface area contributed by atoms with Gasteiger partial charge < -0.3 is 14.6 Å². The smallest absolute Gasteiger partial charge is 0.321 e. The highest BCUT2D eigenvalue weighted by atomic mass is 16.5. The zero-order valence-corrected chi connectivity index (χ0v) is 8.91. The zero-order chi connectivity index (χ0) is 10.4. The Morgan fingerprint density at radius 3 is 2.93 bits per heavy atom. The van der Waals surface area contributed by atoms with Gasteiger partial charge in [-0.3, -0.25) is 0 Å². The summed E-state index contributed by atoms with van der Waals surface area (Å²) in [7, 11) is 0. The van der Waals surface area contributed by atoms with Crippen LogP contribution in [0.3, 0.4) is 0 Å². The maximum absolute atomic E-state index is 5.15. The van der Waals surface area contributed by atoms with Gasteiger partial charge in [-0.1, -0.05) is 19.0 Å². The fourth-order valence-electron chi connectivity index (χ4n) is 0.869. The second-order valence-electron chi connectivity index (χ2n) is 3.43. The molecule has 0 spiro atoms. The summed E-state index contributed by atoms with van der Waals surface area (Å²) in [6.45, 7) is 8.05. The number of aromatic nitrogens is 2. The molecule has 0 radical (unpaired) electrons. The third-order valence-corrected chi connectivity index (χ3v) is 1.56. The first-order valence-electron chi connectivity index (χ1n) is 4.86. The van der Waals surface area contributed by atoms with Gasteiger partial charge in [-0.25, -0.2) is 0 Å². The van der Waals surface area contributed by atoms with Crippen molar-refractivity contribution in [3.05, 3.63) is 5.82 Å². The van der Waals surface area contributed by atoms with Crippen LogP contribution in [0, 0.1) is 5.92 Å². The minimum atomic E-state index is 0.406. The minimum Gasteiger partial charge on any atom is -0.374 e. The molecule has 0 amide bonds. The van der Waals surface area contributed by atoms with Crippen molar-refractivity contribution in [1.29, 1.82) is 0 Å². The molecule has 0 saturated carbocycles. The van der Waals surface area contributed by atoms with E-state index in [1.165, 1.54) is 0 Å². The van der Waals surface area contributed by atoms with E-state index in [-0.39, 0.29) is 0 Å². The summed E-state index contributed by atoms with van der Waals surface area (Å²) in [5.74, 6) is 1.13. The van der Waals surface area contributed by atoms with Gasteiger partial charge in [0.15, 0.2) is 5.82 Å². The Bertz CT molecular complexity index is 260. The molecule has 0 aliphatic rings. The molecule has 1 rings (SSSR count). The van der Waals surface area contributed by atoms with E-state index in [4.69, 9.17) is 9.26 Å². The van der Waals surface area contributed by atoms with E-state index in [9.17, 15) is 0 Å². The van der Waals surface area contributed by atoms with Gasteiger partial charge in [-0.05, 0) is 12.8 Å². The van der Waals surface area contributed by atoms with Crippen LogP contribution in [0.2, 0.25) is 0 Å².